The second-order valence-corrected chi connectivity index (χ2v) is 4.98. The van der Waals surface area contributed by atoms with Crippen molar-refractivity contribution in [1.29, 1.82) is 0 Å². The number of carbonyl (C=O) groups excluding carboxylic acids is 1. The maximum atomic E-state index is 12.0. The molecule has 0 unspecified atom stereocenters. The molecule has 0 amide bonds. The molecule has 0 heterocycles. The van der Waals surface area contributed by atoms with Crippen LogP contribution in [0.15, 0.2) is 60.3 Å². The Hall–Kier alpha value is -2.35. The predicted molar refractivity (Wildman–Crippen MR) is 84.1 cm³/mol. The summed E-state index contributed by atoms with van der Waals surface area (Å²) < 4.78 is 0. The van der Waals surface area contributed by atoms with Crippen molar-refractivity contribution in [2.45, 2.75) is 20.8 Å². The molecule has 0 radical (unpaired) electrons. The molecule has 0 spiro atoms. The van der Waals surface area contributed by atoms with E-state index in [0.29, 0.717) is 5.56 Å². The third kappa shape index (κ3) is 3.58. The van der Waals surface area contributed by atoms with Gasteiger partial charge in [0.1, 0.15) is 0 Å². The van der Waals surface area contributed by atoms with E-state index in [-0.39, 0.29) is 5.78 Å². The van der Waals surface area contributed by atoms with Crippen LogP contribution in [0, 0.1) is 13.8 Å². The molecule has 2 aromatic carbocycles. The first-order valence-corrected chi connectivity index (χ1v) is 6.68. The van der Waals surface area contributed by atoms with Gasteiger partial charge in [-0.1, -0.05) is 36.4 Å². The molecular weight excluding hydrogens is 246 g/mol. The van der Waals surface area contributed by atoms with E-state index in [1.54, 1.807) is 6.08 Å². The summed E-state index contributed by atoms with van der Waals surface area (Å²) in [6, 6.07) is 15.5. The largest absolute Gasteiger partial charge is 0.359 e. The summed E-state index contributed by atoms with van der Waals surface area (Å²) in [5.41, 5.74) is 5.04. The third-order valence-electron chi connectivity index (χ3n) is 3.25. The van der Waals surface area contributed by atoms with E-state index >= 15 is 0 Å². The van der Waals surface area contributed by atoms with Gasteiger partial charge < -0.3 is 5.32 Å². The van der Waals surface area contributed by atoms with Crippen LogP contribution in [-0.2, 0) is 0 Å². The second-order valence-electron chi connectivity index (χ2n) is 4.98. The lowest BCUT2D eigenvalue weighted by Crippen LogP contribution is -2.01. The van der Waals surface area contributed by atoms with Crippen LogP contribution < -0.4 is 5.32 Å². The molecule has 102 valence electrons. The lowest BCUT2D eigenvalue weighted by atomic mass is 10.1. The van der Waals surface area contributed by atoms with Gasteiger partial charge in [-0.15, -0.1) is 0 Å². The molecule has 0 aliphatic heterocycles. The first-order chi connectivity index (χ1) is 9.56. The highest BCUT2D eigenvalue weighted by Crippen LogP contribution is 2.16. The van der Waals surface area contributed by atoms with Crippen molar-refractivity contribution in [1.82, 2.24) is 0 Å². The fraction of sp³-hybridized carbons (Fsp3) is 0.167. The average molecular weight is 265 g/mol. The van der Waals surface area contributed by atoms with Crippen LogP contribution in [0.1, 0.15) is 28.4 Å². The van der Waals surface area contributed by atoms with Gasteiger partial charge >= 0.3 is 0 Å². The third-order valence-corrected chi connectivity index (χ3v) is 3.25. The topological polar surface area (TPSA) is 29.1 Å². The van der Waals surface area contributed by atoms with Crippen molar-refractivity contribution in [2.75, 3.05) is 5.32 Å². The Bertz CT molecular complexity index is 642. The van der Waals surface area contributed by atoms with Crippen molar-refractivity contribution in [3.8, 4) is 0 Å². The first kappa shape index (κ1) is 14.1. The monoisotopic (exact) mass is 265 g/mol. The number of rotatable bonds is 4. The van der Waals surface area contributed by atoms with Gasteiger partial charge in [-0.2, -0.15) is 0 Å². The second kappa shape index (κ2) is 6.20. The van der Waals surface area contributed by atoms with Crippen LogP contribution in [0.4, 0.5) is 5.69 Å². The van der Waals surface area contributed by atoms with E-state index in [2.05, 4.69) is 31.3 Å². The molecule has 2 nitrogen and oxygen atoms in total. The van der Waals surface area contributed by atoms with Crippen molar-refractivity contribution >= 4 is 11.5 Å². The minimum Gasteiger partial charge on any atom is -0.359 e. The number of carbonyl (C=O) groups is 1. The van der Waals surface area contributed by atoms with Crippen LogP contribution >= 0.6 is 0 Å². The van der Waals surface area contributed by atoms with E-state index in [0.717, 1.165) is 11.4 Å². The maximum Gasteiger partial charge on any atom is 0.187 e. The molecule has 1 N–H and O–H groups in total. The quantitative estimate of drug-likeness (QED) is 0.651. The van der Waals surface area contributed by atoms with Gasteiger partial charge in [0.05, 0.1) is 0 Å². The number of nitrogens with one attached hydrogen (secondary N) is 1. The van der Waals surface area contributed by atoms with E-state index in [9.17, 15) is 4.79 Å². The Morgan fingerprint density at radius 2 is 1.70 bits per heavy atom. The predicted octanol–water partition coefficient (Wildman–Crippen LogP) is 4.50. The Morgan fingerprint density at radius 3 is 2.35 bits per heavy atom. The number of benzene rings is 2. The van der Waals surface area contributed by atoms with Crippen molar-refractivity contribution in [3.63, 3.8) is 0 Å². The average Bonchev–Trinajstić information content (AvgIpc) is 2.44. The molecule has 0 fully saturated rings. The van der Waals surface area contributed by atoms with Gasteiger partial charge in [0.25, 0.3) is 0 Å². The van der Waals surface area contributed by atoms with E-state index < -0.39 is 0 Å². The molecular formula is C18H19NO. The molecule has 20 heavy (non-hydrogen) atoms. The van der Waals surface area contributed by atoms with Crippen LogP contribution in [0.25, 0.3) is 0 Å². The highest BCUT2D eigenvalue weighted by Gasteiger charge is 2.02. The normalized spacial score (nSPS) is 11.2. The van der Waals surface area contributed by atoms with Gasteiger partial charge in [-0.25, -0.2) is 0 Å². The summed E-state index contributed by atoms with van der Waals surface area (Å²) >= 11 is 0. The Kier molecular flexibility index (Phi) is 4.36. The Labute approximate surface area is 120 Å². The molecule has 2 heteroatoms. The summed E-state index contributed by atoms with van der Waals surface area (Å²) in [7, 11) is 0. The summed E-state index contributed by atoms with van der Waals surface area (Å²) in [5, 5.41) is 3.25. The van der Waals surface area contributed by atoms with Crippen molar-refractivity contribution in [3.05, 3.63) is 77.0 Å². The summed E-state index contributed by atoms with van der Waals surface area (Å²) in [6.45, 7) is 6.06. The summed E-state index contributed by atoms with van der Waals surface area (Å²) in [4.78, 5) is 12.0. The van der Waals surface area contributed by atoms with Gasteiger partial charge in [-0.3, -0.25) is 4.79 Å². The molecule has 2 rings (SSSR count). The Morgan fingerprint density at radius 1 is 1.00 bits per heavy atom. The molecule has 0 bridgehead atoms. The lowest BCUT2D eigenvalue weighted by Gasteiger charge is -2.09. The molecule has 0 aliphatic carbocycles. The van der Waals surface area contributed by atoms with Crippen LogP contribution in [0.2, 0.25) is 0 Å². The SMILES string of the molecule is C/C(=C\C(=O)c1ccccc1)Nc1ccc(C)c(C)c1. The number of anilines is 1. The Balaban J connectivity index is 2.11. The molecule has 0 atom stereocenters. The van der Waals surface area contributed by atoms with Crippen LogP contribution in [0.5, 0.6) is 0 Å². The van der Waals surface area contributed by atoms with Gasteiger partial charge in [0.2, 0.25) is 0 Å². The number of ketones is 1. The van der Waals surface area contributed by atoms with E-state index in [1.807, 2.05) is 43.3 Å². The minimum atomic E-state index is 0.0134. The standard InChI is InChI=1S/C18H19NO/c1-13-9-10-17(11-14(13)2)19-15(3)12-18(20)16-7-5-4-6-8-16/h4-12,19H,1-3H3/b15-12+. The maximum absolute atomic E-state index is 12.0. The number of hydrogen-bond acceptors (Lipinski definition) is 2. The van der Waals surface area contributed by atoms with Crippen molar-refractivity contribution in [2.24, 2.45) is 0 Å². The zero-order valence-electron chi connectivity index (χ0n) is 12.1. The van der Waals surface area contributed by atoms with E-state index in [4.69, 9.17) is 0 Å². The van der Waals surface area contributed by atoms with Crippen molar-refractivity contribution < 1.29 is 4.79 Å². The van der Waals surface area contributed by atoms with Crippen LogP contribution in [0.3, 0.4) is 0 Å². The summed E-state index contributed by atoms with van der Waals surface area (Å²) in [5.74, 6) is 0.0134. The van der Waals surface area contributed by atoms with Gasteiger partial charge in [0, 0.05) is 23.0 Å². The fourth-order valence-electron chi connectivity index (χ4n) is 1.97. The molecule has 0 aromatic heterocycles. The van der Waals surface area contributed by atoms with Gasteiger partial charge in [0.15, 0.2) is 5.78 Å². The summed E-state index contributed by atoms with van der Waals surface area (Å²) in [6.07, 6.45) is 1.63. The molecule has 0 saturated heterocycles. The fourth-order valence-corrected chi connectivity index (χ4v) is 1.97. The molecule has 0 aliphatic rings. The lowest BCUT2D eigenvalue weighted by molar-refractivity contribution is 0.104. The number of hydrogen-bond donors (Lipinski definition) is 1. The number of aryl methyl sites for hydroxylation is 2. The first-order valence-electron chi connectivity index (χ1n) is 6.68. The zero-order chi connectivity index (χ0) is 14.5. The van der Waals surface area contributed by atoms with Gasteiger partial charge in [-0.05, 0) is 44.0 Å². The highest BCUT2D eigenvalue weighted by atomic mass is 16.1. The van der Waals surface area contributed by atoms with E-state index in [1.165, 1.54) is 11.1 Å². The number of allylic oxidation sites excluding steroid dienone is 2. The zero-order valence-corrected chi connectivity index (χ0v) is 12.1. The molecule has 0 saturated carbocycles. The highest BCUT2D eigenvalue weighted by molar-refractivity contribution is 6.05. The minimum absolute atomic E-state index is 0.0134. The molecule has 2 aromatic rings. The van der Waals surface area contributed by atoms with Crippen LogP contribution in [-0.4, -0.2) is 5.78 Å². The smallest absolute Gasteiger partial charge is 0.187 e.